The van der Waals surface area contributed by atoms with Crippen molar-refractivity contribution in [2.24, 2.45) is 7.05 Å². The maximum Gasteiger partial charge on any atom is 0.106 e. The van der Waals surface area contributed by atoms with Crippen molar-refractivity contribution < 1.29 is 0 Å². The maximum atomic E-state index is 4.51. The lowest BCUT2D eigenvalue weighted by atomic mass is 10.7. The van der Waals surface area contributed by atoms with Crippen LogP contribution >= 0.6 is 20.7 Å². The monoisotopic (exact) mass is 190 g/mol. The molecule has 0 N–H and O–H groups in total. The molecule has 0 spiro atoms. The van der Waals surface area contributed by atoms with E-state index < -0.39 is 9.06 Å². The molecule has 1 heterocycles. The zero-order valence-electron chi connectivity index (χ0n) is 7.33. The molecule has 0 fully saturated rings. The van der Waals surface area contributed by atoms with E-state index in [4.69, 9.17) is 0 Å². The summed E-state index contributed by atoms with van der Waals surface area (Å²) in [6.07, 6.45) is 6.30. The fraction of sp³-hybridized carbons (Fsp3) is 0.571. The predicted octanol–water partition coefficient (Wildman–Crippen LogP) is 2.00. The molecule has 4 heteroatoms. The Morgan fingerprint density at radius 2 is 2.09 bits per heavy atom. The number of rotatable bonds is 1. The van der Waals surface area contributed by atoms with Gasteiger partial charge in [-0.1, -0.05) is 0 Å². The fourth-order valence-corrected chi connectivity index (χ4v) is 1.80. The third-order valence-corrected chi connectivity index (χ3v) is 3.38. The first-order valence-corrected chi connectivity index (χ1v) is 6.87. The Hall–Kier alpha value is -0.0900. The minimum atomic E-state index is -0.942. The molecular formula is C7H14N2S2. The summed E-state index contributed by atoms with van der Waals surface area (Å²) in [6, 6.07) is 0. The molecule has 1 rings (SSSR count). The first-order chi connectivity index (χ1) is 4.91. The topological polar surface area (TPSA) is 17.8 Å². The minimum Gasteiger partial charge on any atom is -0.337 e. The van der Waals surface area contributed by atoms with Gasteiger partial charge in [-0.2, -0.15) is 9.06 Å². The van der Waals surface area contributed by atoms with Crippen LogP contribution in [0.25, 0.3) is 0 Å². The molecule has 0 radical (unpaired) electrons. The van der Waals surface area contributed by atoms with Crippen molar-refractivity contribution in [2.45, 2.75) is 11.9 Å². The standard InChI is InChI=1S/C7H14N2S2/c1-6-8-7(5-9(6)2)11(3,4)10/h5,10H,1-4H3. The average molecular weight is 190 g/mol. The first kappa shape index (κ1) is 9.00. The van der Waals surface area contributed by atoms with Crippen molar-refractivity contribution in [1.82, 2.24) is 9.55 Å². The number of hydrogen-bond acceptors (Lipinski definition) is 2. The summed E-state index contributed by atoms with van der Waals surface area (Å²) in [5.41, 5.74) is 0. The van der Waals surface area contributed by atoms with Gasteiger partial charge in [-0.05, 0) is 19.4 Å². The molecule has 0 saturated carbocycles. The summed E-state index contributed by atoms with van der Waals surface area (Å²) in [7, 11) is 1.06. The van der Waals surface area contributed by atoms with Crippen LogP contribution in [-0.4, -0.2) is 22.1 Å². The lowest BCUT2D eigenvalue weighted by molar-refractivity contribution is 0.858. The number of thiol groups is 1. The molecule has 0 unspecified atom stereocenters. The largest absolute Gasteiger partial charge is 0.337 e. The van der Waals surface area contributed by atoms with Gasteiger partial charge in [0.2, 0.25) is 0 Å². The van der Waals surface area contributed by atoms with Crippen LogP contribution in [0.4, 0.5) is 0 Å². The van der Waals surface area contributed by atoms with E-state index in [1.165, 1.54) is 0 Å². The van der Waals surface area contributed by atoms with Gasteiger partial charge in [-0.3, -0.25) is 0 Å². The molecule has 1 aromatic rings. The van der Waals surface area contributed by atoms with E-state index in [1.54, 1.807) is 0 Å². The highest BCUT2D eigenvalue weighted by Gasteiger charge is 2.12. The van der Waals surface area contributed by atoms with Crippen LogP contribution in [0.1, 0.15) is 5.82 Å². The second kappa shape index (κ2) is 2.75. The maximum absolute atomic E-state index is 4.51. The molecule has 0 bridgehead atoms. The molecule has 0 saturated heterocycles. The van der Waals surface area contributed by atoms with Gasteiger partial charge in [0, 0.05) is 13.2 Å². The van der Waals surface area contributed by atoms with Crippen LogP contribution in [0, 0.1) is 6.92 Å². The number of imidazole rings is 1. The van der Waals surface area contributed by atoms with Gasteiger partial charge in [-0.25, -0.2) is 4.98 Å². The van der Waals surface area contributed by atoms with E-state index in [9.17, 15) is 0 Å². The van der Waals surface area contributed by atoms with Crippen LogP contribution in [0.15, 0.2) is 11.2 Å². The summed E-state index contributed by atoms with van der Waals surface area (Å²) in [4.78, 5) is 4.41. The Kier molecular flexibility index (Phi) is 2.25. The molecule has 64 valence electrons. The number of aryl methyl sites for hydroxylation is 2. The summed E-state index contributed by atoms with van der Waals surface area (Å²) in [5, 5.41) is 1.11. The van der Waals surface area contributed by atoms with Gasteiger partial charge in [0.15, 0.2) is 0 Å². The van der Waals surface area contributed by atoms with Crippen LogP contribution in [-0.2, 0) is 7.05 Å². The molecule has 0 amide bonds. The van der Waals surface area contributed by atoms with Crippen molar-refractivity contribution in [2.75, 3.05) is 12.5 Å². The van der Waals surface area contributed by atoms with Crippen molar-refractivity contribution in [3.63, 3.8) is 0 Å². The predicted molar refractivity (Wildman–Crippen MR) is 54.6 cm³/mol. The Morgan fingerprint density at radius 1 is 1.55 bits per heavy atom. The number of nitrogens with zero attached hydrogens (tertiary/aromatic N) is 2. The van der Waals surface area contributed by atoms with E-state index in [2.05, 4.69) is 35.4 Å². The third-order valence-electron chi connectivity index (χ3n) is 1.60. The molecule has 0 atom stereocenters. The number of aromatic nitrogens is 2. The van der Waals surface area contributed by atoms with Crippen molar-refractivity contribution in [3.8, 4) is 0 Å². The highest BCUT2D eigenvalue weighted by atomic mass is 33.1. The first-order valence-electron chi connectivity index (χ1n) is 3.37. The lowest BCUT2D eigenvalue weighted by Crippen LogP contribution is -1.86. The normalized spacial score (nSPS) is 13.5. The number of hydrogen-bond donors (Lipinski definition) is 1. The van der Waals surface area contributed by atoms with E-state index in [0.717, 1.165) is 10.9 Å². The Balaban J connectivity index is 3.08. The molecule has 0 aliphatic rings. The Morgan fingerprint density at radius 3 is 2.27 bits per heavy atom. The van der Waals surface area contributed by atoms with Gasteiger partial charge in [0.1, 0.15) is 10.9 Å². The highest BCUT2D eigenvalue weighted by Crippen LogP contribution is 2.52. The SMILES string of the molecule is Cc1nc(S(C)(C)S)cn1C. The molecule has 0 aromatic carbocycles. The van der Waals surface area contributed by atoms with Gasteiger partial charge >= 0.3 is 0 Å². The van der Waals surface area contributed by atoms with Crippen LogP contribution in [0.3, 0.4) is 0 Å². The third kappa shape index (κ3) is 1.93. The average Bonchev–Trinajstić information content (AvgIpc) is 2.11. The minimum absolute atomic E-state index is 0.942. The second-order valence-corrected chi connectivity index (χ2v) is 8.71. The summed E-state index contributed by atoms with van der Waals surface area (Å²) >= 11 is 4.51. The van der Waals surface area contributed by atoms with Crippen molar-refractivity contribution in [1.29, 1.82) is 0 Å². The Bertz CT molecular complexity index is 240. The molecule has 2 nitrogen and oxygen atoms in total. The van der Waals surface area contributed by atoms with Crippen molar-refractivity contribution >= 4 is 20.7 Å². The quantitative estimate of drug-likeness (QED) is 0.530. The molecule has 0 aliphatic carbocycles. The molecule has 0 aliphatic heterocycles. The van der Waals surface area contributed by atoms with Crippen LogP contribution < -0.4 is 0 Å². The molecule has 1 aromatic heterocycles. The highest BCUT2D eigenvalue weighted by molar-refractivity contribution is 8.87. The zero-order valence-corrected chi connectivity index (χ0v) is 9.04. The van der Waals surface area contributed by atoms with Gasteiger partial charge in [0.05, 0.1) is 0 Å². The molecular weight excluding hydrogens is 176 g/mol. The summed E-state index contributed by atoms with van der Waals surface area (Å²) < 4.78 is 2.03. The summed E-state index contributed by atoms with van der Waals surface area (Å²) in [6.45, 7) is 2.00. The van der Waals surface area contributed by atoms with E-state index in [0.29, 0.717) is 0 Å². The van der Waals surface area contributed by atoms with Gasteiger partial charge in [-0.15, -0.1) is 11.7 Å². The lowest BCUT2D eigenvalue weighted by Gasteiger charge is -2.19. The van der Waals surface area contributed by atoms with Crippen LogP contribution in [0.2, 0.25) is 0 Å². The molecule has 11 heavy (non-hydrogen) atoms. The smallest absolute Gasteiger partial charge is 0.106 e. The second-order valence-electron chi connectivity index (χ2n) is 3.01. The van der Waals surface area contributed by atoms with E-state index in [1.807, 2.05) is 18.5 Å². The zero-order chi connectivity index (χ0) is 8.65. The fourth-order valence-electron chi connectivity index (χ4n) is 0.767. The van der Waals surface area contributed by atoms with Gasteiger partial charge in [0.25, 0.3) is 0 Å². The summed E-state index contributed by atoms with van der Waals surface area (Å²) in [5.74, 6) is 1.05. The van der Waals surface area contributed by atoms with E-state index in [-0.39, 0.29) is 0 Å². The van der Waals surface area contributed by atoms with Crippen molar-refractivity contribution in [3.05, 3.63) is 12.0 Å². The van der Waals surface area contributed by atoms with Crippen LogP contribution in [0.5, 0.6) is 0 Å². The Labute approximate surface area is 74.1 Å². The van der Waals surface area contributed by atoms with E-state index >= 15 is 0 Å². The van der Waals surface area contributed by atoms with Gasteiger partial charge < -0.3 is 4.57 Å².